The zero-order valence-electron chi connectivity index (χ0n) is 10.6. The third-order valence-electron chi connectivity index (χ3n) is 1.92. The summed E-state index contributed by atoms with van der Waals surface area (Å²) in [4.78, 5) is 0. The van der Waals surface area contributed by atoms with Crippen LogP contribution < -0.4 is 15.5 Å². The summed E-state index contributed by atoms with van der Waals surface area (Å²) in [6, 6.07) is 6.54. The molecule has 19 heavy (non-hydrogen) atoms. The van der Waals surface area contributed by atoms with Gasteiger partial charge in [-0.05, 0) is 38.2 Å². The Balaban J connectivity index is 2.63. The zero-order valence-corrected chi connectivity index (χ0v) is 11.4. The Morgan fingerprint density at radius 1 is 1.37 bits per heavy atom. The van der Waals surface area contributed by atoms with E-state index in [0.717, 1.165) is 0 Å². The van der Waals surface area contributed by atoms with Crippen LogP contribution in [0.1, 0.15) is 19.4 Å². The molecule has 1 aromatic carbocycles. The molecule has 2 N–H and O–H groups in total. The standard InChI is InChI=1S/C12H15F2N3OS/c1-8(2)16-12(19)17-15-7-9-5-3-4-6-10(9)18-11(13)14/h3-8,11H,1-2H3,(H2,16,17,19)/b15-7-. The maximum atomic E-state index is 12.2. The first kappa shape index (κ1) is 15.3. The molecule has 0 heterocycles. The van der Waals surface area contributed by atoms with Crippen molar-refractivity contribution in [1.82, 2.24) is 10.7 Å². The number of nitrogens with zero attached hydrogens (tertiary/aromatic N) is 1. The largest absolute Gasteiger partial charge is 0.434 e. The van der Waals surface area contributed by atoms with E-state index in [9.17, 15) is 8.78 Å². The molecular weight excluding hydrogens is 272 g/mol. The van der Waals surface area contributed by atoms with E-state index in [1.165, 1.54) is 12.3 Å². The van der Waals surface area contributed by atoms with Crippen LogP contribution in [0.15, 0.2) is 29.4 Å². The van der Waals surface area contributed by atoms with Crippen LogP contribution in [-0.2, 0) is 0 Å². The lowest BCUT2D eigenvalue weighted by Gasteiger charge is -2.10. The Morgan fingerprint density at radius 2 is 2.05 bits per heavy atom. The van der Waals surface area contributed by atoms with Crippen LogP contribution in [0.3, 0.4) is 0 Å². The summed E-state index contributed by atoms with van der Waals surface area (Å²) in [7, 11) is 0. The molecular formula is C12H15F2N3OS. The van der Waals surface area contributed by atoms with Gasteiger partial charge in [-0.2, -0.15) is 13.9 Å². The average Bonchev–Trinajstić information content (AvgIpc) is 2.29. The summed E-state index contributed by atoms with van der Waals surface area (Å²) in [5, 5.41) is 7.15. The third kappa shape index (κ3) is 6.10. The molecule has 7 heteroatoms. The first-order valence-corrected chi connectivity index (χ1v) is 6.03. The number of halogens is 2. The van der Waals surface area contributed by atoms with Gasteiger partial charge in [0.15, 0.2) is 5.11 Å². The van der Waals surface area contributed by atoms with E-state index in [-0.39, 0.29) is 11.8 Å². The minimum atomic E-state index is -2.87. The van der Waals surface area contributed by atoms with Gasteiger partial charge in [-0.15, -0.1) is 0 Å². The van der Waals surface area contributed by atoms with Crippen molar-refractivity contribution in [2.45, 2.75) is 26.5 Å². The highest BCUT2D eigenvalue weighted by Crippen LogP contribution is 2.18. The lowest BCUT2D eigenvalue weighted by molar-refractivity contribution is -0.0499. The molecule has 0 fully saturated rings. The zero-order chi connectivity index (χ0) is 14.3. The van der Waals surface area contributed by atoms with Crippen LogP contribution in [0.4, 0.5) is 8.78 Å². The van der Waals surface area contributed by atoms with E-state index in [2.05, 4.69) is 20.6 Å². The number of hydrogen-bond donors (Lipinski definition) is 2. The van der Waals surface area contributed by atoms with Crippen molar-refractivity contribution >= 4 is 23.5 Å². The molecule has 0 saturated heterocycles. The van der Waals surface area contributed by atoms with Crippen LogP contribution in [0.5, 0.6) is 5.75 Å². The number of nitrogens with one attached hydrogen (secondary N) is 2. The summed E-state index contributed by atoms with van der Waals surface area (Å²) in [6.45, 7) is 0.999. The van der Waals surface area contributed by atoms with Gasteiger partial charge < -0.3 is 10.1 Å². The first-order valence-electron chi connectivity index (χ1n) is 5.62. The summed E-state index contributed by atoms with van der Waals surface area (Å²) in [5.74, 6) is 0.0609. The molecule has 1 rings (SSSR count). The fraction of sp³-hybridized carbons (Fsp3) is 0.333. The Labute approximate surface area is 115 Å². The van der Waals surface area contributed by atoms with Crippen molar-refractivity contribution in [2.75, 3.05) is 0 Å². The van der Waals surface area contributed by atoms with Gasteiger partial charge in [0.25, 0.3) is 0 Å². The Hall–Kier alpha value is -1.76. The lowest BCUT2D eigenvalue weighted by Crippen LogP contribution is -2.36. The van der Waals surface area contributed by atoms with Gasteiger partial charge >= 0.3 is 6.61 Å². The Bertz CT molecular complexity index is 452. The molecule has 0 saturated carbocycles. The fourth-order valence-corrected chi connectivity index (χ4v) is 1.53. The molecule has 0 aromatic heterocycles. The van der Waals surface area contributed by atoms with Crippen LogP contribution >= 0.6 is 12.2 Å². The molecule has 0 radical (unpaired) electrons. The number of hydrazone groups is 1. The van der Waals surface area contributed by atoms with Gasteiger partial charge in [0.2, 0.25) is 0 Å². The van der Waals surface area contributed by atoms with Crippen LogP contribution in [0.2, 0.25) is 0 Å². The van der Waals surface area contributed by atoms with E-state index < -0.39 is 6.61 Å². The van der Waals surface area contributed by atoms with Gasteiger partial charge in [-0.25, -0.2) is 0 Å². The van der Waals surface area contributed by atoms with Gasteiger partial charge in [0.05, 0.1) is 6.21 Å². The molecule has 1 aromatic rings. The molecule has 0 unspecified atom stereocenters. The number of hydrogen-bond acceptors (Lipinski definition) is 3. The summed E-state index contributed by atoms with van der Waals surface area (Å²) in [6.07, 6.45) is 1.37. The molecule has 4 nitrogen and oxygen atoms in total. The number of para-hydroxylation sites is 1. The molecule has 0 amide bonds. The Kier molecular flexibility index (Phi) is 6.14. The second-order valence-electron chi connectivity index (χ2n) is 3.91. The second-order valence-corrected chi connectivity index (χ2v) is 4.32. The predicted molar refractivity (Wildman–Crippen MR) is 74.7 cm³/mol. The molecule has 0 atom stereocenters. The smallest absolute Gasteiger partial charge is 0.387 e. The molecule has 0 aliphatic heterocycles. The topological polar surface area (TPSA) is 45.7 Å². The fourth-order valence-electron chi connectivity index (χ4n) is 1.25. The van der Waals surface area contributed by atoms with Gasteiger partial charge in [-0.3, -0.25) is 5.43 Å². The van der Waals surface area contributed by atoms with E-state index in [1.807, 2.05) is 13.8 Å². The van der Waals surface area contributed by atoms with E-state index in [4.69, 9.17) is 12.2 Å². The highest BCUT2D eigenvalue weighted by molar-refractivity contribution is 7.80. The molecule has 0 bridgehead atoms. The molecule has 104 valence electrons. The van der Waals surface area contributed by atoms with E-state index in [1.54, 1.807) is 18.2 Å². The lowest BCUT2D eigenvalue weighted by atomic mass is 10.2. The maximum absolute atomic E-state index is 12.2. The number of thiocarbonyl (C=S) groups is 1. The summed E-state index contributed by atoms with van der Waals surface area (Å²) < 4.78 is 28.7. The van der Waals surface area contributed by atoms with Crippen molar-refractivity contribution in [2.24, 2.45) is 5.10 Å². The highest BCUT2D eigenvalue weighted by atomic mass is 32.1. The van der Waals surface area contributed by atoms with Crippen molar-refractivity contribution < 1.29 is 13.5 Å². The monoisotopic (exact) mass is 287 g/mol. The second kappa shape index (κ2) is 7.63. The van der Waals surface area contributed by atoms with Crippen molar-refractivity contribution in [1.29, 1.82) is 0 Å². The normalized spacial score (nSPS) is 11.1. The SMILES string of the molecule is CC(C)NC(=S)N/N=C\c1ccccc1OC(F)F. The summed E-state index contributed by atoms with van der Waals surface area (Å²) >= 11 is 4.96. The van der Waals surface area contributed by atoms with Gasteiger partial charge in [-0.1, -0.05) is 12.1 Å². The molecule has 0 aliphatic rings. The van der Waals surface area contributed by atoms with Crippen LogP contribution in [0, 0.1) is 0 Å². The molecule has 0 spiro atoms. The van der Waals surface area contributed by atoms with E-state index >= 15 is 0 Å². The quantitative estimate of drug-likeness (QED) is 0.496. The maximum Gasteiger partial charge on any atom is 0.387 e. The first-order chi connectivity index (χ1) is 8.99. The van der Waals surface area contributed by atoms with Crippen molar-refractivity contribution in [3.63, 3.8) is 0 Å². The van der Waals surface area contributed by atoms with Crippen molar-refractivity contribution in [3.8, 4) is 5.75 Å². The van der Waals surface area contributed by atoms with Gasteiger partial charge in [0, 0.05) is 11.6 Å². The predicted octanol–water partition coefficient (Wildman–Crippen LogP) is 2.49. The average molecular weight is 287 g/mol. The van der Waals surface area contributed by atoms with Crippen molar-refractivity contribution in [3.05, 3.63) is 29.8 Å². The Morgan fingerprint density at radius 3 is 2.68 bits per heavy atom. The van der Waals surface area contributed by atoms with Gasteiger partial charge in [0.1, 0.15) is 5.75 Å². The molecule has 0 aliphatic carbocycles. The number of alkyl halides is 2. The highest BCUT2D eigenvalue weighted by Gasteiger charge is 2.07. The van der Waals surface area contributed by atoms with E-state index in [0.29, 0.717) is 10.7 Å². The number of ether oxygens (including phenoxy) is 1. The van der Waals surface area contributed by atoms with Crippen LogP contribution in [-0.4, -0.2) is 24.0 Å². The van der Waals surface area contributed by atoms with Crippen LogP contribution in [0.25, 0.3) is 0 Å². The number of benzene rings is 1. The summed E-state index contributed by atoms with van der Waals surface area (Å²) in [5.41, 5.74) is 3.02. The number of rotatable bonds is 5. The minimum absolute atomic E-state index is 0.0609. The minimum Gasteiger partial charge on any atom is -0.434 e. The third-order valence-corrected chi connectivity index (χ3v) is 2.13.